The Morgan fingerprint density at radius 1 is 1.03 bits per heavy atom. The number of halogens is 1. The Morgan fingerprint density at radius 3 is 2.41 bits per heavy atom. The van der Waals surface area contributed by atoms with Crippen molar-refractivity contribution in [2.45, 2.75) is 13.5 Å². The zero-order chi connectivity index (χ0) is 22.9. The highest BCUT2D eigenvalue weighted by atomic mass is 127. The number of anilines is 2. The highest BCUT2D eigenvalue weighted by molar-refractivity contribution is 14.1. The molecule has 0 aliphatic rings. The summed E-state index contributed by atoms with van der Waals surface area (Å²) >= 11 is 2.15. The first-order valence-electron chi connectivity index (χ1n) is 9.87. The average Bonchev–Trinajstić information content (AvgIpc) is 2.78. The zero-order valence-electron chi connectivity index (χ0n) is 17.3. The number of non-ortho nitro benzene ring substituents is 1. The van der Waals surface area contributed by atoms with Crippen molar-refractivity contribution >= 4 is 45.6 Å². The lowest BCUT2D eigenvalue weighted by atomic mass is 10.2. The summed E-state index contributed by atoms with van der Waals surface area (Å²) in [5.41, 5.74) is 2.45. The first kappa shape index (κ1) is 23.3. The monoisotopic (exact) mass is 547 g/mol. The highest BCUT2D eigenvalue weighted by Crippen LogP contribution is 2.34. The van der Waals surface area contributed by atoms with Gasteiger partial charge in [0, 0.05) is 30.1 Å². The molecule has 0 fully saturated rings. The van der Waals surface area contributed by atoms with Crippen LogP contribution in [0.1, 0.15) is 12.5 Å². The topological polar surface area (TPSA) is 103 Å². The molecule has 9 heteroatoms. The summed E-state index contributed by atoms with van der Waals surface area (Å²) in [6.07, 6.45) is 0. The second-order valence-corrected chi connectivity index (χ2v) is 7.86. The van der Waals surface area contributed by atoms with E-state index in [1.807, 2.05) is 37.3 Å². The van der Waals surface area contributed by atoms with E-state index in [4.69, 9.17) is 9.47 Å². The summed E-state index contributed by atoms with van der Waals surface area (Å²) < 4.78 is 12.3. The smallest absolute Gasteiger partial charge is 0.269 e. The van der Waals surface area contributed by atoms with Gasteiger partial charge in [-0.15, -0.1) is 0 Å². The number of carbonyl (C=O) groups excluding carboxylic acids is 1. The fraction of sp³-hybridized carbons (Fsp3) is 0.174. The van der Waals surface area contributed by atoms with Crippen LogP contribution in [-0.4, -0.2) is 24.0 Å². The molecule has 0 aliphatic carbocycles. The van der Waals surface area contributed by atoms with E-state index in [0.717, 1.165) is 14.8 Å². The lowest BCUT2D eigenvalue weighted by Crippen LogP contribution is -2.20. The minimum atomic E-state index is -0.431. The van der Waals surface area contributed by atoms with E-state index in [9.17, 15) is 14.9 Å². The summed E-state index contributed by atoms with van der Waals surface area (Å²) in [5, 5.41) is 16.8. The lowest BCUT2D eigenvalue weighted by Gasteiger charge is -2.16. The largest absolute Gasteiger partial charge is 0.490 e. The van der Waals surface area contributed by atoms with Crippen LogP contribution in [0.15, 0.2) is 66.7 Å². The summed E-state index contributed by atoms with van der Waals surface area (Å²) in [4.78, 5) is 22.6. The number of para-hydroxylation sites is 1. The molecule has 0 aliphatic heterocycles. The standard InChI is InChI=1S/C23H22IN3O5/c1-2-31-21-13-16(14-25-17-8-10-19(11-9-17)27(29)30)12-20(24)23(21)32-15-22(28)26-18-6-4-3-5-7-18/h3-13,25H,2,14-15H2,1H3,(H,26,28). The summed E-state index contributed by atoms with van der Waals surface area (Å²) in [6, 6.07) is 19.2. The Morgan fingerprint density at radius 2 is 1.75 bits per heavy atom. The van der Waals surface area contributed by atoms with Crippen molar-refractivity contribution in [2.75, 3.05) is 23.8 Å². The van der Waals surface area contributed by atoms with Gasteiger partial charge in [-0.2, -0.15) is 0 Å². The van der Waals surface area contributed by atoms with Crippen molar-refractivity contribution in [1.29, 1.82) is 0 Å². The first-order chi connectivity index (χ1) is 15.5. The van der Waals surface area contributed by atoms with Crippen molar-refractivity contribution in [3.05, 3.63) is 86.0 Å². The number of nitrogens with zero attached hydrogens (tertiary/aromatic N) is 1. The quantitative estimate of drug-likeness (QED) is 0.205. The van der Waals surface area contributed by atoms with Crippen LogP contribution in [0.25, 0.3) is 0 Å². The molecular formula is C23H22IN3O5. The molecule has 0 unspecified atom stereocenters. The van der Waals surface area contributed by atoms with Crippen molar-refractivity contribution in [3.8, 4) is 11.5 Å². The van der Waals surface area contributed by atoms with Crippen LogP contribution in [0.2, 0.25) is 0 Å². The van der Waals surface area contributed by atoms with Crippen molar-refractivity contribution in [3.63, 3.8) is 0 Å². The fourth-order valence-corrected chi connectivity index (χ4v) is 3.71. The van der Waals surface area contributed by atoms with Crippen LogP contribution in [0.5, 0.6) is 11.5 Å². The maximum absolute atomic E-state index is 12.2. The Bertz CT molecular complexity index is 1070. The Balaban J connectivity index is 1.65. The minimum Gasteiger partial charge on any atom is -0.490 e. The normalized spacial score (nSPS) is 10.3. The van der Waals surface area contributed by atoms with Crippen LogP contribution in [0, 0.1) is 13.7 Å². The highest BCUT2D eigenvalue weighted by Gasteiger charge is 2.14. The van der Waals surface area contributed by atoms with Crippen molar-refractivity contribution < 1.29 is 19.2 Å². The molecule has 8 nitrogen and oxygen atoms in total. The number of hydrogen-bond acceptors (Lipinski definition) is 6. The van der Waals surface area contributed by atoms with E-state index in [0.29, 0.717) is 30.3 Å². The maximum Gasteiger partial charge on any atom is 0.269 e. The number of hydrogen-bond donors (Lipinski definition) is 2. The van der Waals surface area contributed by atoms with E-state index in [-0.39, 0.29) is 18.2 Å². The number of benzene rings is 3. The van der Waals surface area contributed by atoms with Gasteiger partial charge in [0.2, 0.25) is 0 Å². The van der Waals surface area contributed by atoms with Gasteiger partial charge in [-0.25, -0.2) is 0 Å². The first-order valence-corrected chi connectivity index (χ1v) is 11.0. The number of nitro benzene ring substituents is 1. The SMILES string of the molecule is CCOc1cc(CNc2ccc([N+](=O)[O-])cc2)cc(I)c1OCC(=O)Nc1ccccc1. The van der Waals surface area contributed by atoms with E-state index in [1.165, 1.54) is 12.1 Å². The molecule has 0 heterocycles. The van der Waals surface area contributed by atoms with E-state index in [1.54, 1.807) is 24.3 Å². The summed E-state index contributed by atoms with van der Waals surface area (Å²) in [7, 11) is 0. The minimum absolute atomic E-state index is 0.0431. The van der Waals surface area contributed by atoms with Crippen molar-refractivity contribution in [2.24, 2.45) is 0 Å². The maximum atomic E-state index is 12.2. The molecule has 0 aromatic heterocycles. The van der Waals surface area contributed by atoms with Gasteiger partial charge in [0.25, 0.3) is 11.6 Å². The van der Waals surface area contributed by atoms with Crippen LogP contribution in [0.4, 0.5) is 17.1 Å². The number of nitro groups is 1. The van der Waals surface area contributed by atoms with E-state index < -0.39 is 4.92 Å². The third-order valence-electron chi connectivity index (χ3n) is 4.35. The molecule has 0 bridgehead atoms. The molecule has 166 valence electrons. The Hall–Kier alpha value is -3.34. The second kappa shape index (κ2) is 11.3. The number of rotatable bonds is 10. The number of ether oxygens (including phenoxy) is 2. The molecule has 0 atom stereocenters. The third-order valence-corrected chi connectivity index (χ3v) is 5.15. The van der Waals surface area contributed by atoms with E-state index >= 15 is 0 Å². The number of amides is 1. The molecule has 3 rings (SSSR count). The predicted molar refractivity (Wildman–Crippen MR) is 131 cm³/mol. The molecule has 3 aromatic carbocycles. The van der Waals surface area contributed by atoms with E-state index in [2.05, 4.69) is 33.2 Å². The van der Waals surface area contributed by atoms with Crippen LogP contribution >= 0.6 is 22.6 Å². The Kier molecular flexibility index (Phi) is 8.26. The Labute approximate surface area is 199 Å². The fourth-order valence-electron chi connectivity index (χ4n) is 2.89. The van der Waals surface area contributed by atoms with Gasteiger partial charge in [-0.3, -0.25) is 14.9 Å². The molecule has 0 saturated heterocycles. The molecule has 2 N–H and O–H groups in total. The van der Waals surface area contributed by atoms with Gasteiger partial charge in [0.05, 0.1) is 15.1 Å². The van der Waals surface area contributed by atoms with Gasteiger partial charge in [-0.1, -0.05) is 18.2 Å². The van der Waals surface area contributed by atoms with Gasteiger partial charge in [0.1, 0.15) is 0 Å². The average molecular weight is 547 g/mol. The molecule has 1 amide bonds. The van der Waals surface area contributed by atoms with Gasteiger partial charge in [0.15, 0.2) is 18.1 Å². The van der Waals surface area contributed by atoms with Gasteiger partial charge < -0.3 is 20.1 Å². The molecule has 0 radical (unpaired) electrons. The van der Waals surface area contributed by atoms with Crippen LogP contribution in [0.3, 0.4) is 0 Å². The second-order valence-electron chi connectivity index (χ2n) is 6.70. The van der Waals surface area contributed by atoms with Crippen LogP contribution < -0.4 is 20.1 Å². The third kappa shape index (κ3) is 6.58. The zero-order valence-corrected chi connectivity index (χ0v) is 19.5. The predicted octanol–water partition coefficient (Wildman–Crippen LogP) is 5.23. The van der Waals surface area contributed by atoms with Gasteiger partial charge >= 0.3 is 0 Å². The number of nitrogens with one attached hydrogen (secondary N) is 2. The molecule has 3 aromatic rings. The molecular weight excluding hydrogens is 525 g/mol. The molecule has 0 spiro atoms. The van der Waals surface area contributed by atoms with Gasteiger partial charge in [-0.05, 0) is 71.5 Å². The molecule has 0 saturated carbocycles. The summed E-state index contributed by atoms with van der Waals surface area (Å²) in [5.74, 6) is 0.792. The lowest BCUT2D eigenvalue weighted by molar-refractivity contribution is -0.384. The summed E-state index contributed by atoms with van der Waals surface area (Å²) in [6.45, 7) is 2.66. The number of carbonyl (C=O) groups is 1. The molecule has 32 heavy (non-hydrogen) atoms. The van der Waals surface area contributed by atoms with Crippen molar-refractivity contribution in [1.82, 2.24) is 0 Å². The van der Waals surface area contributed by atoms with Crippen LogP contribution in [-0.2, 0) is 11.3 Å².